The van der Waals surface area contributed by atoms with Crippen LogP contribution in [-0.4, -0.2) is 10.4 Å². The maximum atomic E-state index is 12.6. The molecular formula is C17H15NO3. The molecule has 3 rings (SSSR count). The molecule has 1 aromatic heterocycles. The molecule has 0 N–H and O–H groups in total. The summed E-state index contributed by atoms with van der Waals surface area (Å²) in [6, 6.07) is 12.7. The van der Waals surface area contributed by atoms with Crippen LogP contribution < -0.4 is 5.76 Å². The lowest BCUT2D eigenvalue weighted by molar-refractivity contribution is 0.103. The SMILES string of the molecule is CCc1ccccc1C(=O)c1ccc2c(c1)oc(=O)n2C. The van der Waals surface area contributed by atoms with E-state index >= 15 is 0 Å². The van der Waals surface area contributed by atoms with Crippen LogP contribution in [0.25, 0.3) is 11.1 Å². The van der Waals surface area contributed by atoms with E-state index in [1.807, 2.05) is 31.2 Å². The topological polar surface area (TPSA) is 52.2 Å². The number of hydrogen-bond donors (Lipinski definition) is 0. The third kappa shape index (κ3) is 2.18. The molecule has 0 radical (unpaired) electrons. The number of aromatic nitrogens is 1. The largest absolute Gasteiger partial charge is 0.419 e. The third-order valence-corrected chi connectivity index (χ3v) is 3.70. The van der Waals surface area contributed by atoms with Crippen molar-refractivity contribution in [2.75, 3.05) is 0 Å². The number of rotatable bonds is 3. The maximum Gasteiger partial charge on any atom is 0.419 e. The fraction of sp³-hybridized carbons (Fsp3) is 0.176. The number of nitrogens with zero attached hydrogens (tertiary/aromatic N) is 1. The molecule has 4 nitrogen and oxygen atoms in total. The van der Waals surface area contributed by atoms with Crippen LogP contribution >= 0.6 is 0 Å². The highest BCUT2D eigenvalue weighted by Gasteiger charge is 2.15. The number of fused-ring (bicyclic) bond motifs is 1. The van der Waals surface area contributed by atoms with Crippen LogP contribution in [0.4, 0.5) is 0 Å². The average molecular weight is 281 g/mol. The predicted molar refractivity (Wildman–Crippen MR) is 80.7 cm³/mol. The van der Waals surface area contributed by atoms with E-state index in [2.05, 4.69) is 0 Å². The molecule has 0 aliphatic heterocycles. The molecule has 0 amide bonds. The molecule has 0 fully saturated rings. The smallest absolute Gasteiger partial charge is 0.408 e. The molecular weight excluding hydrogens is 266 g/mol. The van der Waals surface area contributed by atoms with Crippen molar-refractivity contribution in [3.8, 4) is 0 Å². The van der Waals surface area contributed by atoms with Gasteiger partial charge in [-0.3, -0.25) is 9.36 Å². The molecule has 0 spiro atoms. The molecule has 0 bridgehead atoms. The Kier molecular flexibility index (Phi) is 3.22. The first-order valence-corrected chi connectivity index (χ1v) is 6.84. The Morgan fingerprint density at radius 2 is 1.95 bits per heavy atom. The van der Waals surface area contributed by atoms with Gasteiger partial charge in [-0.15, -0.1) is 0 Å². The highest BCUT2D eigenvalue weighted by Crippen LogP contribution is 2.19. The minimum absolute atomic E-state index is 0.0548. The summed E-state index contributed by atoms with van der Waals surface area (Å²) >= 11 is 0. The Hall–Kier alpha value is -2.62. The van der Waals surface area contributed by atoms with Gasteiger partial charge >= 0.3 is 5.76 Å². The number of carbonyl (C=O) groups excluding carboxylic acids is 1. The van der Waals surface area contributed by atoms with E-state index in [9.17, 15) is 9.59 Å². The summed E-state index contributed by atoms with van der Waals surface area (Å²) in [6.45, 7) is 2.02. The van der Waals surface area contributed by atoms with Crippen LogP contribution in [0.3, 0.4) is 0 Å². The summed E-state index contributed by atoms with van der Waals surface area (Å²) in [5.41, 5.74) is 3.34. The molecule has 1 heterocycles. The van der Waals surface area contributed by atoms with Crippen LogP contribution in [-0.2, 0) is 13.5 Å². The van der Waals surface area contributed by atoms with Crippen molar-refractivity contribution in [2.24, 2.45) is 7.05 Å². The quantitative estimate of drug-likeness (QED) is 0.694. The number of ketones is 1. The zero-order valence-electron chi connectivity index (χ0n) is 11.9. The van der Waals surface area contributed by atoms with Gasteiger partial charge in [-0.25, -0.2) is 4.79 Å². The molecule has 0 aliphatic rings. The first kappa shape index (κ1) is 13.4. The number of benzene rings is 2. The summed E-state index contributed by atoms with van der Waals surface area (Å²) in [5.74, 6) is -0.482. The van der Waals surface area contributed by atoms with E-state index in [0.717, 1.165) is 12.0 Å². The molecule has 21 heavy (non-hydrogen) atoms. The van der Waals surface area contributed by atoms with Crippen molar-refractivity contribution >= 4 is 16.9 Å². The predicted octanol–water partition coefficient (Wildman–Crippen LogP) is 2.92. The lowest BCUT2D eigenvalue weighted by atomic mass is 9.97. The zero-order chi connectivity index (χ0) is 15.0. The molecule has 0 saturated heterocycles. The average Bonchev–Trinajstić information content (AvgIpc) is 2.80. The molecule has 4 heteroatoms. The lowest BCUT2D eigenvalue weighted by Gasteiger charge is -2.06. The van der Waals surface area contributed by atoms with Crippen molar-refractivity contribution in [3.63, 3.8) is 0 Å². The number of oxazole rings is 1. The Morgan fingerprint density at radius 1 is 1.19 bits per heavy atom. The molecule has 0 aliphatic carbocycles. The summed E-state index contributed by atoms with van der Waals surface area (Å²) in [4.78, 5) is 24.1. The van der Waals surface area contributed by atoms with Crippen LogP contribution in [0.5, 0.6) is 0 Å². The molecule has 106 valence electrons. The molecule has 3 aromatic rings. The van der Waals surface area contributed by atoms with Gasteiger partial charge in [-0.2, -0.15) is 0 Å². The van der Waals surface area contributed by atoms with E-state index in [4.69, 9.17) is 4.42 Å². The highest BCUT2D eigenvalue weighted by molar-refractivity contribution is 6.11. The Morgan fingerprint density at radius 3 is 2.71 bits per heavy atom. The fourth-order valence-corrected chi connectivity index (χ4v) is 2.48. The van der Waals surface area contributed by atoms with Gasteiger partial charge in [0.2, 0.25) is 0 Å². The summed E-state index contributed by atoms with van der Waals surface area (Å²) in [6.07, 6.45) is 0.796. The van der Waals surface area contributed by atoms with E-state index in [1.165, 1.54) is 4.57 Å². The van der Waals surface area contributed by atoms with E-state index in [-0.39, 0.29) is 5.78 Å². The van der Waals surface area contributed by atoms with Gasteiger partial charge in [-0.05, 0) is 30.2 Å². The first-order valence-electron chi connectivity index (χ1n) is 6.84. The molecule has 0 atom stereocenters. The number of aryl methyl sites for hydroxylation is 2. The van der Waals surface area contributed by atoms with Gasteiger partial charge in [0.15, 0.2) is 11.4 Å². The molecule has 0 saturated carbocycles. The van der Waals surface area contributed by atoms with Gasteiger partial charge in [0.25, 0.3) is 0 Å². The van der Waals surface area contributed by atoms with Gasteiger partial charge in [0.05, 0.1) is 5.52 Å². The maximum absolute atomic E-state index is 12.6. The van der Waals surface area contributed by atoms with Crippen LogP contribution in [0, 0.1) is 0 Å². The van der Waals surface area contributed by atoms with Gasteiger partial charge in [-0.1, -0.05) is 31.2 Å². The lowest BCUT2D eigenvalue weighted by Crippen LogP contribution is -2.08. The van der Waals surface area contributed by atoms with Crippen molar-refractivity contribution in [1.82, 2.24) is 4.57 Å². The van der Waals surface area contributed by atoms with Crippen molar-refractivity contribution in [1.29, 1.82) is 0 Å². The second-order valence-electron chi connectivity index (χ2n) is 4.95. The van der Waals surface area contributed by atoms with Crippen molar-refractivity contribution in [3.05, 3.63) is 69.7 Å². The highest BCUT2D eigenvalue weighted by atomic mass is 16.4. The standard InChI is InChI=1S/C17H15NO3/c1-3-11-6-4-5-7-13(11)16(19)12-8-9-14-15(10-12)21-17(20)18(14)2/h4-10H,3H2,1-2H3. The fourth-order valence-electron chi connectivity index (χ4n) is 2.48. The normalized spacial score (nSPS) is 11.0. The van der Waals surface area contributed by atoms with Crippen LogP contribution in [0.1, 0.15) is 28.4 Å². The third-order valence-electron chi connectivity index (χ3n) is 3.70. The van der Waals surface area contributed by atoms with Gasteiger partial charge in [0.1, 0.15) is 0 Å². The molecule has 0 unspecified atom stereocenters. The molecule has 2 aromatic carbocycles. The Labute approximate surface area is 121 Å². The van der Waals surface area contributed by atoms with E-state index in [1.54, 1.807) is 25.2 Å². The monoisotopic (exact) mass is 281 g/mol. The Balaban J connectivity index is 2.11. The summed E-state index contributed by atoms with van der Waals surface area (Å²) < 4.78 is 6.56. The van der Waals surface area contributed by atoms with Crippen LogP contribution in [0.2, 0.25) is 0 Å². The second-order valence-corrected chi connectivity index (χ2v) is 4.95. The Bertz CT molecular complexity index is 886. The van der Waals surface area contributed by atoms with Crippen molar-refractivity contribution < 1.29 is 9.21 Å². The van der Waals surface area contributed by atoms with Crippen LogP contribution in [0.15, 0.2) is 51.7 Å². The number of hydrogen-bond acceptors (Lipinski definition) is 3. The minimum atomic E-state index is -0.427. The van der Waals surface area contributed by atoms with E-state index in [0.29, 0.717) is 22.2 Å². The minimum Gasteiger partial charge on any atom is -0.408 e. The summed E-state index contributed by atoms with van der Waals surface area (Å²) in [5, 5.41) is 0. The first-order chi connectivity index (χ1) is 10.1. The van der Waals surface area contributed by atoms with Gasteiger partial charge in [0, 0.05) is 18.2 Å². The van der Waals surface area contributed by atoms with Crippen molar-refractivity contribution in [2.45, 2.75) is 13.3 Å². The summed E-state index contributed by atoms with van der Waals surface area (Å²) in [7, 11) is 1.64. The zero-order valence-corrected chi connectivity index (χ0v) is 11.9. The number of carbonyl (C=O) groups is 1. The van der Waals surface area contributed by atoms with Gasteiger partial charge < -0.3 is 4.42 Å². The second kappa shape index (κ2) is 5.05. The van der Waals surface area contributed by atoms with E-state index < -0.39 is 5.76 Å².